The van der Waals surface area contributed by atoms with Gasteiger partial charge in [0, 0.05) is 35.7 Å². The molecule has 0 spiro atoms. The molecular formula is C33H37N7O4. The molecule has 11 heteroatoms. The van der Waals surface area contributed by atoms with E-state index in [9.17, 15) is 15.0 Å². The predicted octanol–water partition coefficient (Wildman–Crippen LogP) is 3.31. The number of fused-ring (bicyclic) bond motifs is 2. The van der Waals surface area contributed by atoms with Crippen molar-refractivity contribution in [1.29, 1.82) is 0 Å². The third kappa shape index (κ3) is 5.10. The van der Waals surface area contributed by atoms with Gasteiger partial charge in [0.25, 0.3) is 5.91 Å². The number of aliphatic hydroxyl groups is 2. The highest BCUT2D eigenvalue weighted by molar-refractivity contribution is 5.86. The van der Waals surface area contributed by atoms with E-state index >= 15 is 0 Å². The number of hydrogen-bond acceptors (Lipinski definition) is 8. The van der Waals surface area contributed by atoms with Crippen LogP contribution in [0.3, 0.4) is 0 Å². The molecule has 2 aliphatic rings. The largest absolute Gasteiger partial charge is 0.387 e. The fourth-order valence-corrected chi connectivity index (χ4v) is 6.25. The monoisotopic (exact) mass is 595 g/mol. The maximum atomic E-state index is 12.6. The van der Waals surface area contributed by atoms with Gasteiger partial charge in [-0.05, 0) is 62.8 Å². The lowest BCUT2D eigenvalue weighted by Crippen LogP contribution is -2.43. The first-order valence-electron chi connectivity index (χ1n) is 15.2. The molecule has 1 unspecified atom stereocenters. The molecular weight excluding hydrogens is 558 g/mol. The van der Waals surface area contributed by atoms with Crippen molar-refractivity contribution in [3.63, 3.8) is 0 Å². The number of nitrogens with one attached hydrogen (secondary N) is 2. The van der Waals surface area contributed by atoms with Crippen molar-refractivity contribution in [2.45, 2.75) is 77.2 Å². The fraction of sp³-hybridized carbons (Fsp3) is 0.394. The molecule has 11 nitrogen and oxygen atoms in total. The lowest BCUT2D eigenvalue weighted by atomic mass is 10.1. The van der Waals surface area contributed by atoms with Crippen LogP contribution >= 0.6 is 0 Å². The van der Waals surface area contributed by atoms with Crippen molar-refractivity contribution in [3.8, 4) is 0 Å². The smallest absolute Gasteiger partial charge is 0.252 e. The summed E-state index contributed by atoms with van der Waals surface area (Å²) in [6.45, 7) is 7.90. The quantitative estimate of drug-likeness (QED) is 0.204. The average Bonchev–Trinajstić information content (AvgIpc) is 3.56. The molecule has 4 heterocycles. The highest BCUT2D eigenvalue weighted by atomic mass is 16.6. The van der Waals surface area contributed by atoms with Crippen molar-refractivity contribution in [2.24, 2.45) is 0 Å². The summed E-state index contributed by atoms with van der Waals surface area (Å²) < 4.78 is 9.79. The molecule has 228 valence electrons. The van der Waals surface area contributed by atoms with Crippen LogP contribution in [0.5, 0.6) is 0 Å². The van der Waals surface area contributed by atoms with Crippen LogP contribution in [0, 0.1) is 20.8 Å². The number of para-hydroxylation sites is 1. The molecule has 1 aliphatic carbocycles. The Hall–Kier alpha value is -4.32. The van der Waals surface area contributed by atoms with E-state index in [1.165, 1.54) is 51.5 Å². The Morgan fingerprint density at radius 1 is 1.05 bits per heavy atom. The van der Waals surface area contributed by atoms with E-state index < -0.39 is 30.4 Å². The topological polar surface area (TPSA) is 139 Å². The minimum atomic E-state index is -1.36. The molecule has 1 saturated heterocycles. The van der Waals surface area contributed by atoms with Gasteiger partial charge in [-0.3, -0.25) is 9.36 Å². The zero-order valence-electron chi connectivity index (χ0n) is 25.1. The molecule has 4 atom stereocenters. The van der Waals surface area contributed by atoms with Crippen LogP contribution in [-0.4, -0.2) is 71.1 Å². The van der Waals surface area contributed by atoms with Gasteiger partial charge in [-0.2, -0.15) is 0 Å². The lowest BCUT2D eigenvalue weighted by molar-refractivity contribution is -0.137. The number of hydrogen-bond donors (Lipinski definition) is 4. The molecule has 5 aromatic rings. The van der Waals surface area contributed by atoms with Crippen molar-refractivity contribution in [3.05, 3.63) is 83.1 Å². The second-order valence-electron chi connectivity index (χ2n) is 12.0. The average molecular weight is 596 g/mol. The van der Waals surface area contributed by atoms with E-state index in [0.29, 0.717) is 23.5 Å². The van der Waals surface area contributed by atoms with Gasteiger partial charge in [0.05, 0.1) is 6.33 Å². The van der Waals surface area contributed by atoms with E-state index in [2.05, 4.69) is 93.4 Å². The van der Waals surface area contributed by atoms with Crippen LogP contribution in [0.4, 0.5) is 5.82 Å². The van der Waals surface area contributed by atoms with E-state index in [1.807, 2.05) is 0 Å². The number of amides is 1. The summed E-state index contributed by atoms with van der Waals surface area (Å²) in [6.07, 6.45) is 0.644. The predicted molar refractivity (Wildman–Crippen MR) is 166 cm³/mol. The third-order valence-electron chi connectivity index (χ3n) is 8.92. The Morgan fingerprint density at radius 3 is 2.68 bits per heavy atom. The van der Waals surface area contributed by atoms with E-state index in [4.69, 9.17) is 4.74 Å². The van der Waals surface area contributed by atoms with Gasteiger partial charge in [0.2, 0.25) is 0 Å². The van der Waals surface area contributed by atoms with Crippen LogP contribution in [0.15, 0.2) is 55.1 Å². The first-order valence-corrected chi connectivity index (χ1v) is 15.2. The molecule has 4 N–H and O–H groups in total. The van der Waals surface area contributed by atoms with Gasteiger partial charge >= 0.3 is 0 Å². The highest BCUT2D eigenvalue weighted by Gasteiger charge is 2.48. The summed E-state index contributed by atoms with van der Waals surface area (Å²) in [5, 5.41) is 28.8. The summed E-state index contributed by atoms with van der Waals surface area (Å²) >= 11 is 0. The van der Waals surface area contributed by atoms with Crippen molar-refractivity contribution < 1.29 is 19.7 Å². The molecule has 0 bridgehead atoms. The molecule has 44 heavy (non-hydrogen) atoms. The standard InChI is InChI=1S/C33H37N7O4/c1-18-8-9-19(2)21(14-18)15-39-20(3)23(24-6-4-5-7-25(24)39)12-13-34-30-26-31(36-16-35-30)40(17-37-26)33-28(42)27(41)29(44-33)32(43)38-22-10-11-22/h4-9,14,16-17,22,27-29,33,41-42H,10-13,15H2,1-3H3,(H,38,43)(H,34,35,36)/t27-,28+,29-,33?/m0/s1. The number of ether oxygens (including phenoxy) is 1. The Balaban J connectivity index is 1.10. The van der Waals surface area contributed by atoms with Crippen LogP contribution in [0.25, 0.3) is 22.1 Å². The number of aryl methyl sites for hydroxylation is 2. The molecule has 3 aromatic heterocycles. The summed E-state index contributed by atoms with van der Waals surface area (Å²) in [5.74, 6) is 0.134. The van der Waals surface area contributed by atoms with Crippen LogP contribution in [0.2, 0.25) is 0 Å². The minimum Gasteiger partial charge on any atom is -0.387 e. The van der Waals surface area contributed by atoms with Crippen molar-refractivity contribution >= 4 is 33.8 Å². The Bertz CT molecular complexity index is 1860. The Kier molecular flexibility index (Phi) is 7.31. The van der Waals surface area contributed by atoms with Crippen LogP contribution < -0.4 is 10.6 Å². The number of aliphatic hydroxyl groups excluding tert-OH is 2. The molecule has 2 aromatic carbocycles. The maximum absolute atomic E-state index is 12.6. The number of imidazole rings is 1. The first kappa shape index (κ1) is 28.5. The summed E-state index contributed by atoms with van der Waals surface area (Å²) in [4.78, 5) is 25.9. The number of anilines is 1. The second kappa shape index (κ2) is 11.3. The van der Waals surface area contributed by atoms with Crippen molar-refractivity contribution in [2.75, 3.05) is 11.9 Å². The number of nitrogens with zero attached hydrogens (tertiary/aromatic N) is 5. The fourth-order valence-electron chi connectivity index (χ4n) is 6.25. The van der Waals surface area contributed by atoms with Crippen LogP contribution in [-0.2, 0) is 22.5 Å². The molecule has 0 radical (unpaired) electrons. The molecule has 1 saturated carbocycles. The number of benzene rings is 2. The van der Waals surface area contributed by atoms with Crippen molar-refractivity contribution in [1.82, 2.24) is 29.4 Å². The normalized spacial score (nSPS) is 21.8. The van der Waals surface area contributed by atoms with Gasteiger partial charge in [0.15, 0.2) is 29.3 Å². The Morgan fingerprint density at radius 2 is 1.86 bits per heavy atom. The Labute approximate surface area is 254 Å². The summed E-state index contributed by atoms with van der Waals surface area (Å²) in [6, 6.07) is 15.3. The first-order chi connectivity index (χ1) is 21.3. The summed E-state index contributed by atoms with van der Waals surface area (Å²) in [7, 11) is 0. The van der Waals surface area contributed by atoms with Gasteiger partial charge in [-0.15, -0.1) is 0 Å². The van der Waals surface area contributed by atoms with Gasteiger partial charge in [0.1, 0.15) is 18.5 Å². The summed E-state index contributed by atoms with van der Waals surface area (Å²) in [5.41, 5.74) is 8.53. The minimum absolute atomic E-state index is 0.114. The van der Waals surface area contributed by atoms with E-state index in [0.717, 1.165) is 25.8 Å². The molecule has 1 amide bonds. The van der Waals surface area contributed by atoms with Gasteiger partial charge in [-0.1, -0.05) is 42.0 Å². The van der Waals surface area contributed by atoms with Gasteiger partial charge < -0.3 is 30.2 Å². The highest BCUT2D eigenvalue weighted by Crippen LogP contribution is 2.33. The molecule has 7 rings (SSSR count). The maximum Gasteiger partial charge on any atom is 0.252 e. The van der Waals surface area contributed by atoms with E-state index in [1.54, 1.807) is 4.57 Å². The number of carbonyl (C=O) groups is 1. The lowest BCUT2D eigenvalue weighted by Gasteiger charge is -2.16. The molecule has 1 aliphatic heterocycles. The number of carbonyl (C=O) groups excluding carboxylic acids is 1. The molecule has 2 fully saturated rings. The number of aromatic nitrogens is 5. The van der Waals surface area contributed by atoms with Crippen LogP contribution in [0.1, 0.15) is 47.0 Å². The zero-order chi connectivity index (χ0) is 30.5. The van der Waals surface area contributed by atoms with E-state index in [-0.39, 0.29) is 6.04 Å². The zero-order valence-corrected chi connectivity index (χ0v) is 25.1. The number of rotatable bonds is 9. The van der Waals surface area contributed by atoms with Gasteiger partial charge in [-0.25, -0.2) is 15.0 Å². The second-order valence-corrected chi connectivity index (χ2v) is 12.0. The SMILES string of the molecule is Cc1ccc(C)c(Cn2c(C)c(CCNc3ncnc4c3ncn4C3O[C@H](C(=O)NC4CC4)[C@@H](O)[C@H]3O)c3ccccc32)c1. The third-order valence-corrected chi connectivity index (χ3v) is 8.92.